The van der Waals surface area contributed by atoms with Gasteiger partial charge in [0.2, 0.25) is 0 Å². The predicted octanol–water partition coefficient (Wildman–Crippen LogP) is 5.60. The summed E-state index contributed by atoms with van der Waals surface area (Å²) in [5.74, 6) is -0.150. The van der Waals surface area contributed by atoms with E-state index in [1.165, 1.54) is 33.8 Å². The molecule has 0 spiro atoms. The number of hydrogen-bond acceptors (Lipinski definition) is 6. The van der Waals surface area contributed by atoms with Crippen molar-refractivity contribution in [2.75, 3.05) is 5.32 Å². The first-order valence-electron chi connectivity index (χ1n) is 8.28. The molecule has 5 aromatic rings. The molecule has 0 unspecified atom stereocenters. The number of nitrogens with zero attached hydrogens (tertiary/aromatic N) is 3. The summed E-state index contributed by atoms with van der Waals surface area (Å²) in [6, 6.07) is 8.18. The van der Waals surface area contributed by atoms with Crippen molar-refractivity contribution in [2.45, 2.75) is 13.8 Å². The maximum absolute atomic E-state index is 12.6. The number of imidazole rings is 1. The van der Waals surface area contributed by atoms with E-state index in [2.05, 4.69) is 47.3 Å². The first kappa shape index (κ1) is 16.6. The van der Waals surface area contributed by atoms with E-state index in [1.807, 2.05) is 27.4 Å². The Hall–Kier alpha value is -2.55. The van der Waals surface area contributed by atoms with Gasteiger partial charge in [-0.25, -0.2) is 9.97 Å². The van der Waals surface area contributed by atoms with E-state index >= 15 is 0 Å². The zero-order valence-electron chi connectivity index (χ0n) is 14.5. The third-order valence-electron chi connectivity index (χ3n) is 4.35. The highest BCUT2D eigenvalue weighted by Gasteiger charge is 2.16. The molecule has 27 heavy (non-hydrogen) atoms. The monoisotopic (exact) mass is 410 g/mol. The van der Waals surface area contributed by atoms with E-state index in [4.69, 9.17) is 0 Å². The van der Waals surface area contributed by atoms with Gasteiger partial charge in [-0.1, -0.05) is 23.8 Å². The lowest BCUT2D eigenvalue weighted by molar-refractivity contribution is 0.103. The van der Waals surface area contributed by atoms with Crippen molar-refractivity contribution in [3.05, 3.63) is 57.2 Å². The zero-order chi connectivity index (χ0) is 18.5. The second-order valence-corrected chi connectivity index (χ2v) is 9.04. The molecule has 1 aromatic carbocycles. The third kappa shape index (κ3) is 2.86. The molecular weight excluding hydrogens is 396 g/mol. The topological polar surface area (TPSA) is 59.3 Å². The van der Waals surface area contributed by atoms with E-state index in [0.29, 0.717) is 10.0 Å². The van der Waals surface area contributed by atoms with Crippen LogP contribution in [0.4, 0.5) is 5.13 Å². The Kier molecular flexibility index (Phi) is 3.85. The number of benzene rings is 1. The predicted molar refractivity (Wildman–Crippen MR) is 113 cm³/mol. The van der Waals surface area contributed by atoms with Gasteiger partial charge in [0.05, 0.1) is 16.1 Å². The molecule has 0 aliphatic carbocycles. The summed E-state index contributed by atoms with van der Waals surface area (Å²) in [6.07, 6.45) is 1.97. The highest BCUT2D eigenvalue weighted by atomic mass is 32.1. The standard InChI is InChI=1S/C19H14N4OS3/c1-10-3-4-12(11(2)7-10)13-9-26-18(20-13)21-16(24)15-8-14-17(27-15)22-19-23(14)5-6-25-19/h3-9H,1-2H3,(H,20,21,24). The highest BCUT2D eigenvalue weighted by molar-refractivity contribution is 7.21. The van der Waals surface area contributed by atoms with Crippen molar-refractivity contribution in [2.24, 2.45) is 0 Å². The average molecular weight is 411 g/mol. The lowest BCUT2D eigenvalue weighted by atomic mass is 10.0. The van der Waals surface area contributed by atoms with Crippen molar-refractivity contribution in [3.8, 4) is 11.3 Å². The fourth-order valence-electron chi connectivity index (χ4n) is 3.07. The number of anilines is 1. The number of nitrogens with one attached hydrogen (secondary N) is 1. The number of aryl methyl sites for hydroxylation is 2. The molecule has 4 aromatic heterocycles. The van der Waals surface area contributed by atoms with Gasteiger partial charge in [0.1, 0.15) is 4.83 Å². The second kappa shape index (κ2) is 6.26. The van der Waals surface area contributed by atoms with Gasteiger partial charge in [-0.2, -0.15) is 0 Å². The van der Waals surface area contributed by atoms with Crippen LogP contribution in [0.15, 0.2) is 41.2 Å². The molecule has 0 saturated heterocycles. The summed E-state index contributed by atoms with van der Waals surface area (Å²) >= 11 is 4.42. The van der Waals surface area contributed by atoms with Crippen molar-refractivity contribution < 1.29 is 4.79 Å². The molecular formula is C19H14N4OS3. The lowest BCUT2D eigenvalue weighted by Gasteiger charge is -2.03. The Morgan fingerprint density at radius 3 is 2.89 bits per heavy atom. The molecule has 1 N–H and O–H groups in total. The molecule has 0 saturated carbocycles. The fourth-order valence-corrected chi connectivity index (χ4v) is 5.48. The van der Waals surface area contributed by atoms with Crippen molar-refractivity contribution in [3.63, 3.8) is 0 Å². The fraction of sp³-hybridized carbons (Fsp3) is 0.105. The first-order valence-corrected chi connectivity index (χ1v) is 10.9. The summed E-state index contributed by atoms with van der Waals surface area (Å²) in [5, 5.41) is 7.48. The number of aromatic nitrogens is 3. The van der Waals surface area contributed by atoms with Gasteiger partial charge in [-0.3, -0.25) is 14.5 Å². The van der Waals surface area contributed by atoms with Crippen LogP contribution in [0.25, 0.3) is 26.6 Å². The number of amides is 1. The van der Waals surface area contributed by atoms with Crippen LogP contribution >= 0.6 is 34.0 Å². The van der Waals surface area contributed by atoms with E-state index in [0.717, 1.165) is 26.6 Å². The quantitative estimate of drug-likeness (QED) is 0.421. The van der Waals surface area contributed by atoms with E-state index < -0.39 is 0 Å². The normalized spacial score (nSPS) is 11.5. The van der Waals surface area contributed by atoms with Crippen LogP contribution in [0.3, 0.4) is 0 Å². The molecule has 0 radical (unpaired) electrons. The summed E-state index contributed by atoms with van der Waals surface area (Å²) in [4.78, 5) is 24.2. The van der Waals surface area contributed by atoms with Crippen LogP contribution < -0.4 is 5.32 Å². The largest absolute Gasteiger partial charge is 0.297 e. The third-order valence-corrected chi connectivity index (χ3v) is 6.88. The van der Waals surface area contributed by atoms with Gasteiger partial charge in [-0.05, 0) is 25.5 Å². The number of carbonyl (C=O) groups is 1. The summed E-state index contributed by atoms with van der Waals surface area (Å²) in [6.45, 7) is 4.15. The Balaban J connectivity index is 1.41. The average Bonchev–Trinajstić information content (AvgIpc) is 3.36. The SMILES string of the molecule is Cc1ccc(-c2csc(NC(=O)c3cc4c(nc5sccn54)s3)n2)c(C)c1. The lowest BCUT2D eigenvalue weighted by Crippen LogP contribution is -2.09. The minimum Gasteiger partial charge on any atom is -0.297 e. The van der Waals surface area contributed by atoms with Crippen LogP contribution in [-0.2, 0) is 0 Å². The minimum atomic E-state index is -0.150. The van der Waals surface area contributed by atoms with Gasteiger partial charge in [-0.15, -0.1) is 34.0 Å². The van der Waals surface area contributed by atoms with E-state index in [1.54, 1.807) is 11.3 Å². The molecule has 4 heterocycles. The molecule has 5 nitrogen and oxygen atoms in total. The van der Waals surface area contributed by atoms with Gasteiger partial charge in [0.25, 0.3) is 5.91 Å². The molecule has 0 aliphatic heterocycles. The number of fused-ring (bicyclic) bond motifs is 3. The van der Waals surface area contributed by atoms with Crippen LogP contribution in [0.2, 0.25) is 0 Å². The Bertz CT molecular complexity index is 1310. The summed E-state index contributed by atoms with van der Waals surface area (Å²) in [7, 11) is 0. The molecule has 8 heteroatoms. The number of rotatable bonds is 3. The van der Waals surface area contributed by atoms with Gasteiger partial charge in [0, 0.05) is 22.5 Å². The molecule has 0 aliphatic rings. The minimum absolute atomic E-state index is 0.150. The van der Waals surface area contributed by atoms with E-state index in [9.17, 15) is 4.79 Å². The first-order chi connectivity index (χ1) is 13.1. The van der Waals surface area contributed by atoms with Gasteiger partial charge in [0.15, 0.2) is 10.1 Å². The maximum Gasteiger partial charge on any atom is 0.267 e. The Morgan fingerprint density at radius 2 is 2.04 bits per heavy atom. The number of thiazole rings is 2. The number of carbonyl (C=O) groups excluding carboxylic acids is 1. The Morgan fingerprint density at radius 1 is 1.15 bits per heavy atom. The van der Waals surface area contributed by atoms with Crippen molar-refractivity contribution in [1.82, 2.24) is 14.4 Å². The zero-order valence-corrected chi connectivity index (χ0v) is 17.0. The van der Waals surface area contributed by atoms with Crippen LogP contribution in [0.5, 0.6) is 0 Å². The molecule has 0 atom stereocenters. The molecule has 0 bridgehead atoms. The molecule has 5 rings (SSSR count). The van der Waals surface area contributed by atoms with Gasteiger partial charge >= 0.3 is 0 Å². The van der Waals surface area contributed by atoms with Crippen LogP contribution in [0.1, 0.15) is 20.8 Å². The van der Waals surface area contributed by atoms with E-state index in [-0.39, 0.29) is 5.91 Å². The maximum atomic E-state index is 12.6. The van der Waals surface area contributed by atoms with Crippen LogP contribution in [-0.4, -0.2) is 20.3 Å². The van der Waals surface area contributed by atoms with Crippen molar-refractivity contribution >= 4 is 60.4 Å². The molecule has 134 valence electrons. The smallest absolute Gasteiger partial charge is 0.267 e. The summed E-state index contributed by atoms with van der Waals surface area (Å²) in [5.41, 5.74) is 5.35. The molecule has 0 fully saturated rings. The second-order valence-electron chi connectivity index (χ2n) is 6.28. The Labute approximate surface area is 167 Å². The number of thiophene rings is 1. The highest BCUT2D eigenvalue weighted by Crippen LogP contribution is 2.31. The summed E-state index contributed by atoms with van der Waals surface area (Å²) < 4.78 is 2.01. The van der Waals surface area contributed by atoms with Gasteiger partial charge < -0.3 is 0 Å². The molecule has 1 amide bonds. The van der Waals surface area contributed by atoms with Crippen LogP contribution in [0, 0.1) is 13.8 Å². The van der Waals surface area contributed by atoms with Crippen molar-refractivity contribution in [1.29, 1.82) is 0 Å². The number of hydrogen-bond donors (Lipinski definition) is 1.